The van der Waals surface area contributed by atoms with E-state index in [1.165, 1.54) is 13.1 Å². The van der Waals surface area contributed by atoms with Gasteiger partial charge in [-0.05, 0) is 0 Å². The van der Waals surface area contributed by atoms with E-state index in [2.05, 4.69) is 4.99 Å². The quantitative estimate of drug-likeness (QED) is 0.460. The molecule has 4 nitrogen and oxygen atoms in total. The van der Waals surface area contributed by atoms with Crippen molar-refractivity contribution < 1.29 is 9.59 Å². The van der Waals surface area contributed by atoms with E-state index in [1.807, 2.05) is 0 Å². The Hall–Kier alpha value is -1.19. The van der Waals surface area contributed by atoms with Crippen molar-refractivity contribution in [2.75, 3.05) is 6.54 Å². The largest absolute Gasteiger partial charge is 0.350 e. The number of hydrogen-bond donors (Lipinski definition) is 0. The Labute approximate surface area is 52.2 Å². The molecule has 0 radical (unpaired) electrons. The maximum absolute atomic E-state index is 10.5. The van der Waals surface area contributed by atoms with Gasteiger partial charge in [-0.25, -0.2) is 9.79 Å². The van der Waals surface area contributed by atoms with Crippen LogP contribution in [0.2, 0.25) is 0 Å². The van der Waals surface area contributed by atoms with Crippen LogP contribution in [-0.4, -0.2) is 29.6 Å². The fraction of sp³-hybridized carbons (Fsp3) is 0.400. The molecule has 0 aromatic rings. The first kappa shape index (κ1) is 5.94. The van der Waals surface area contributed by atoms with E-state index in [0.717, 1.165) is 4.90 Å². The Balaban J connectivity index is 2.66. The summed E-state index contributed by atoms with van der Waals surface area (Å²) in [6.07, 6.45) is 1.42. The number of aliphatic imine (C=N–C) groups is 1. The summed E-state index contributed by atoms with van der Waals surface area (Å²) in [5.41, 5.74) is 0. The summed E-state index contributed by atoms with van der Waals surface area (Å²) < 4.78 is 0. The summed E-state index contributed by atoms with van der Waals surface area (Å²) in [4.78, 5) is 25.5. The van der Waals surface area contributed by atoms with Gasteiger partial charge in [-0.2, -0.15) is 0 Å². The van der Waals surface area contributed by atoms with Gasteiger partial charge in [-0.15, -0.1) is 0 Å². The van der Waals surface area contributed by atoms with Crippen molar-refractivity contribution in [1.82, 2.24) is 4.90 Å². The molecule has 1 aliphatic rings. The van der Waals surface area contributed by atoms with Crippen molar-refractivity contribution in [2.45, 2.75) is 6.92 Å². The zero-order valence-corrected chi connectivity index (χ0v) is 5.00. The predicted octanol–water partition coefficient (Wildman–Crippen LogP) is 0.0393. The molecule has 0 spiro atoms. The van der Waals surface area contributed by atoms with Gasteiger partial charge in [0.25, 0.3) is 0 Å². The number of rotatable bonds is 0. The minimum atomic E-state index is -0.456. The van der Waals surface area contributed by atoms with Gasteiger partial charge < -0.3 is 0 Å². The molecular formula is C5H6N2O2. The molecule has 9 heavy (non-hydrogen) atoms. The monoisotopic (exact) mass is 126 g/mol. The maximum Gasteiger partial charge on any atom is 0.350 e. The molecule has 1 heterocycles. The van der Waals surface area contributed by atoms with Crippen LogP contribution < -0.4 is 0 Å². The van der Waals surface area contributed by atoms with Crippen LogP contribution in [0.4, 0.5) is 4.79 Å². The Kier molecular flexibility index (Phi) is 1.30. The zero-order chi connectivity index (χ0) is 6.85. The van der Waals surface area contributed by atoms with Crippen LogP contribution in [0.15, 0.2) is 4.99 Å². The van der Waals surface area contributed by atoms with Crippen molar-refractivity contribution in [2.24, 2.45) is 4.99 Å². The molecular weight excluding hydrogens is 120 g/mol. The highest BCUT2D eigenvalue weighted by molar-refractivity contribution is 6.02. The van der Waals surface area contributed by atoms with Gasteiger partial charge in [0.2, 0.25) is 5.91 Å². The van der Waals surface area contributed by atoms with Gasteiger partial charge >= 0.3 is 6.03 Å². The average Bonchev–Trinajstić information content (AvgIpc) is 2.13. The number of urea groups is 1. The molecule has 4 heteroatoms. The lowest BCUT2D eigenvalue weighted by Gasteiger charge is -2.06. The molecule has 0 fully saturated rings. The summed E-state index contributed by atoms with van der Waals surface area (Å²) in [6, 6.07) is -0.456. The number of carbonyl (C=O) groups is 2. The van der Waals surface area contributed by atoms with Crippen LogP contribution in [0.25, 0.3) is 0 Å². The fourth-order valence-electron chi connectivity index (χ4n) is 0.612. The van der Waals surface area contributed by atoms with Crippen LogP contribution in [0.5, 0.6) is 0 Å². The third kappa shape index (κ3) is 0.960. The van der Waals surface area contributed by atoms with Crippen LogP contribution in [-0.2, 0) is 4.79 Å². The van der Waals surface area contributed by atoms with Gasteiger partial charge in [0, 0.05) is 13.1 Å². The van der Waals surface area contributed by atoms with Gasteiger partial charge in [-0.3, -0.25) is 9.69 Å². The van der Waals surface area contributed by atoms with Crippen molar-refractivity contribution in [1.29, 1.82) is 0 Å². The topological polar surface area (TPSA) is 49.7 Å². The first-order chi connectivity index (χ1) is 4.22. The molecule has 0 saturated heterocycles. The number of carbonyl (C=O) groups excluding carboxylic acids is 2. The molecule has 1 rings (SSSR count). The molecule has 0 unspecified atom stereocenters. The van der Waals surface area contributed by atoms with E-state index in [4.69, 9.17) is 0 Å². The number of nitrogens with zero attached hydrogens (tertiary/aromatic N) is 2. The number of hydrogen-bond acceptors (Lipinski definition) is 2. The summed E-state index contributed by atoms with van der Waals surface area (Å²) in [5.74, 6) is -0.252. The third-order valence-electron chi connectivity index (χ3n) is 1.08. The van der Waals surface area contributed by atoms with Gasteiger partial charge in [0.05, 0.1) is 6.54 Å². The number of imide groups is 1. The first-order valence-corrected chi connectivity index (χ1v) is 2.56. The summed E-state index contributed by atoms with van der Waals surface area (Å²) >= 11 is 0. The SMILES string of the molecule is CC(=O)N1CC=NC1=O. The second kappa shape index (κ2) is 1.97. The first-order valence-electron chi connectivity index (χ1n) is 2.56. The number of amides is 3. The van der Waals surface area contributed by atoms with Crippen molar-refractivity contribution >= 4 is 18.2 Å². The fourth-order valence-corrected chi connectivity index (χ4v) is 0.612. The molecule has 0 aromatic carbocycles. The molecule has 0 aliphatic carbocycles. The molecule has 1 aliphatic heterocycles. The van der Waals surface area contributed by atoms with E-state index in [-0.39, 0.29) is 5.91 Å². The standard InChI is InChI=1S/C5H6N2O2/c1-4(8)7-3-2-6-5(7)9/h2H,3H2,1H3. The molecule has 0 saturated carbocycles. The molecule has 0 bridgehead atoms. The average molecular weight is 126 g/mol. The van der Waals surface area contributed by atoms with Crippen molar-refractivity contribution in [3.63, 3.8) is 0 Å². The highest BCUT2D eigenvalue weighted by Gasteiger charge is 2.19. The van der Waals surface area contributed by atoms with E-state index in [1.54, 1.807) is 0 Å². The molecule has 3 amide bonds. The van der Waals surface area contributed by atoms with E-state index >= 15 is 0 Å². The minimum absolute atomic E-state index is 0.252. The van der Waals surface area contributed by atoms with Gasteiger partial charge in [0.1, 0.15) is 0 Å². The zero-order valence-electron chi connectivity index (χ0n) is 5.00. The van der Waals surface area contributed by atoms with Gasteiger partial charge in [-0.1, -0.05) is 0 Å². The second-order valence-corrected chi connectivity index (χ2v) is 1.72. The second-order valence-electron chi connectivity index (χ2n) is 1.72. The summed E-state index contributed by atoms with van der Waals surface area (Å²) in [6.45, 7) is 1.67. The predicted molar refractivity (Wildman–Crippen MR) is 31.3 cm³/mol. The third-order valence-corrected chi connectivity index (χ3v) is 1.08. The Morgan fingerprint density at radius 2 is 2.56 bits per heavy atom. The molecule has 0 atom stereocenters. The van der Waals surface area contributed by atoms with Gasteiger partial charge in [0.15, 0.2) is 0 Å². The Morgan fingerprint density at radius 1 is 1.89 bits per heavy atom. The van der Waals surface area contributed by atoms with Crippen molar-refractivity contribution in [3.8, 4) is 0 Å². The summed E-state index contributed by atoms with van der Waals surface area (Å²) in [5, 5.41) is 0. The van der Waals surface area contributed by atoms with E-state index in [9.17, 15) is 9.59 Å². The highest BCUT2D eigenvalue weighted by Crippen LogP contribution is 1.97. The molecule has 0 aromatic heterocycles. The Morgan fingerprint density at radius 3 is 2.78 bits per heavy atom. The van der Waals surface area contributed by atoms with E-state index < -0.39 is 6.03 Å². The lowest BCUT2D eigenvalue weighted by atomic mass is 10.5. The highest BCUT2D eigenvalue weighted by atomic mass is 16.2. The maximum atomic E-state index is 10.5. The molecule has 0 N–H and O–H groups in total. The summed E-state index contributed by atoms with van der Waals surface area (Å²) in [7, 11) is 0. The smallest absolute Gasteiger partial charge is 0.275 e. The lowest BCUT2D eigenvalue weighted by Crippen LogP contribution is -2.29. The van der Waals surface area contributed by atoms with E-state index in [0.29, 0.717) is 6.54 Å². The minimum Gasteiger partial charge on any atom is -0.275 e. The van der Waals surface area contributed by atoms with Crippen LogP contribution in [0.3, 0.4) is 0 Å². The lowest BCUT2D eigenvalue weighted by molar-refractivity contribution is -0.125. The van der Waals surface area contributed by atoms with Crippen LogP contribution >= 0.6 is 0 Å². The molecule has 48 valence electrons. The van der Waals surface area contributed by atoms with Crippen molar-refractivity contribution in [3.05, 3.63) is 0 Å². The van der Waals surface area contributed by atoms with Crippen LogP contribution in [0, 0.1) is 0 Å². The normalized spacial score (nSPS) is 17.0. The van der Waals surface area contributed by atoms with Crippen LogP contribution in [0.1, 0.15) is 6.92 Å². The Bertz CT molecular complexity index is 185.